The van der Waals surface area contributed by atoms with E-state index in [9.17, 15) is 0 Å². The fourth-order valence-corrected chi connectivity index (χ4v) is 3.81. The van der Waals surface area contributed by atoms with Crippen molar-refractivity contribution >= 4 is 0 Å². The third-order valence-corrected chi connectivity index (χ3v) is 4.97. The van der Waals surface area contributed by atoms with E-state index in [1.807, 2.05) is 0 Å². The highest BCUT2D eigenvalue weighted by molar-refractivity contribution is 5.08. The molecule has 0 bridgehead atoms. The lowest BCUT2D eigenvalue weighted by molar-refractivity contribution is -0.0461. The molecule has 3 rings (SSSR count). The molecule has 0 spiro atoms. The average molecular weight is 293 g/mol. The van der Waals surface area contributed by atoms with E-state index in [0.717, 1.165) is 45.1 Å². The number of rotatable bonds is 5. The summed E-state index contributed by atoms with van der Waals surface area (Å²) in [7, 11) is 0. The Morgan fingerprint density at radius 3 is 2.62 bits per heavy atom. The van der Waals surface area contributed by atoms with Crippen molar-refractivity contribution in [1.29, 1.82) is 0 Å². The van der Waals surface area contributed by atoms with Crippen LogP contribution in [0.5, 0.6) is 0 Å². The number of unbranched alkanes of at least 4 members (excludes halogenated alkanes) is 1. The van der Waals surface area contributed by atoms with E-state index in [4.69, 9.17) is 4.74 Å². The second-order valence-corrected chi connectivity index (χ2v) is 6.27. The molecule has 118 valence electrons. The first-order chi connectivity index (χ1) is 10.4. The van der Waals surface area contributed by atoms with Crippen molar-refractivity contribution in [3.8, 4) is 0 Å². The second-order valence-electron chi connectivity index (χ2n) is 6.27. The van der Waals surface area contributed by atoms with Crippen LogP contribution in [0.2, 0.25) is 0 Å². The Labute approximate surface area is 126 Å². The molecular formula is C15H27N5O. The van der Waals surface area contributed by atoms with Gasteiger partial charge in [-0.1, -0.05) is 32.6 Å². The molecule has 2 aliphatic rings. The standard InChI is InChI=1S/C15H27N5O/c1-2-3-9-20-14(16-17-18-20)15(7-5-4-6-8-15)19-10-12-21-13-11-19/h2-13H2,1H3. The highest BCUT2D eigenvalue weighted by Crippen LogP contribution is 2.41. The van der Waals surface area contributed by atoms with Gasteiger partial charge in [-0.25, -0.2) is 4.68 Å². The van der Waals surface area contributed by atoms with Gasteiger partial charge in [0.05, 0.1) is 18.8 Å². The van der Waals surface area contributed by atoms with Gasteiger partial charge in [-0.3, -0.25) is 4.90 Å². The average Bonchev–Trinajstić information content (AvgIpc) is 3.03. The van der Waals surface area contributed by atoms with E-state index >= 15 is 0 Å². The Morgan fingerprint density at radius 2 is 1.90 bits per heavy atom. The number of morpholine rings is 1. The molecule has 0 unspecified atom stereocenters. The quantitative estimate of drug-likeness (QED) is 0.830. The third kappa shape index (κ3) is 2.97. The zero-order valence-corrected chi connectivity index (χ0v) is 13.1. The van der Waals surface area contributed by atoms with Gasteiger partial charge in [0, 0.05) is 19.6 Å². The molecule has 0 N–H and O–H groups in total. The van der Waals surface area contributed by atoms with Crippen LogP contribution in [0.4, 0.5) is 0 Å². The zero-order chi connectivity index (χ0) is 14.5. The topological polar surface area (TPSA) is 56.1 Å². The Morgan fingerprint density at radius 1 is 1.14 bits per heavy atom. The molecule has 1 aromatic heterocycles. The van der Waals surface area contributed by atoms with Crippen molar-refractivity contribution in [3.05, 3.63) is 5.82 Å². The maximum absolute atomic E-state index is 5.55. The van der Waals surface area contributed by atoms with Gasteiger partial charge in [-0.2, -0.15) is 0 Å². The molecular weight excluding hydrogens is 266 g/mol. The summed E-state index contributed by atoms with van der Waals surface area (Å²) in [6.45, 7) is 6.81. The molecule has 6 heteroatoms. The van der Waals surface area contributed by atoms with E-state index in [2.05, 4.69) is 32.0 Å². The van der Waals surface area contributed by atoms with Crippen LogP contribution in [-0.4, -0.2) is 51.4 Å². The van der Waals surface area contributed by atoms with Crippen LogP contribution in [0, 0.1) is 0 Å². The minimum atomic E-state index is 0.0409. The molecule has 0 radical (unpaired) electrons. The maximum Gasteiger partial charge on any atom is 0.171 e. The van der Waals surface area contributed by atoms with Crippen molar-refractivity contribution in [1.82, 2.24) is 25.1 Å². The van der Waals surface area contributed by atoms with Gasteiger partial charge in [-0.05, 0) is 29.7 Å². The number of aryl methyl sites for hydroxylation is 1. The van der Waals surface area contributed by atoms with Crippen LogP contribution in [0.25, 0.3) is 0 Å². The summed E-state index contributed by atoms with van der Waals surface area (Å²) in [6, 6.07) is 0. The summed E-state index contributed by atoms with van der Waals surface area (Å²) in [5.74, 6) is 1.09. The largest absolute Gasteiger partial charge is 0.379 e. The SMILES string of the molecule is CCCCn1nnnc1C1(N2CCOCC2)CCCCC1. The summed E-state index contributed by atoms with van der Waals surface area (Å²) in [5, 5.41) is 12.7. The fraction of sp³-hybridized carbons (Fsp3) is 0.933. The number of ether oxygens (including phenoxy) is 1. The lowest BCUT2D eigenvalue weighted by atomic mass is 9.79. The number of tetrazole rings is 1. The van der Waals surface area contributed by atoms with Crippen molar-refractivity contribution in [2.75, 3.05) is 26.3 Å². The Bertz CT molecular complexity index is 435. The summed E-state index contributed by atoms with van der Waals surface area (Å²) < 4.78 is 7.61. The van der Waals surface area contributed by atoms with Crippen LogP contribution < -0.4 is 0 Å². The lowest BCUT2D eigenvalue weighted by Gasteiger charge is -2.46. The fourth-order valence-electron chi connectivity index (χ4n) is 3.81. The van der Waals surface area contributed by atoms with Gasteiger partial charge in [-0.15, -0.1) is 5.10 Å². The van der Waals surface area contributed by atoms with Crippen molar-refractivity contribution in [2.45, 2.75) is 64.0 Å². The molecule has 1 saturated carbocycles. The van der Waals surface area contributed by atoms with Gasteiger partial charge in [0.2, 0.25) is 0 Å². The van der Waals surface area contributed by atoms with E-state index in [1.54, 1.807) is 0 Å². The number of nitrogens with zero attached hydrogens (tertiary/aromatic N) is 5. The molecule has 2 fully saturated rings. The van der Waals surface area contributed by atoms with E-state index in [1.165, 1.54) is 38.5 Å². The van der Waals surface area contributed by atoms with Gasteiger partial charge < -0.3 is 4.74 Å². The minimum Gasteiger partial charge on any atom is -0.379 e. The highest BCUT2D eigenvalue weighted by atomic mass is 16.5. The Hall–Kier alpha value is -1.01. The number of aromatic nitrogens is 4. The van der Waals surface area contributed by atoms with Crippen molar-refractivity contribution < 1.29 is 4.74 Å². The third-order valence-electron chi connectivity index (χ3n) is 4.97. The first-order valence-electron chi connectivity index (χ1n) is 8.46. The summed E-state index contributed by atoms with van der Waals surface area (Å²) >= 11 is 0. The predicted molar refractivity (Wildman–Crippen MR) is 79.9 cm³/mol. The molecule has 2 heterocycles. The van der Waals surface area contributed by atoms with Crippen molar-refractivity contribution in [3.63, 3.8) is 0 Å². The molecule has 0 aromatic carbocycles. The molecule has 1 aromatic rings. The first-order valence-corrected chi connectivity index (χ1v) is 8.46. The Balaban J connectivity index is 1.89. The minimum absolute atomic E-state index is 0.0409. The highest BCUT2D eigenvalue weighted by Gasteiger charge is 2.44. The smallest absolute Gasteiger partial charge is 0.171 e. The lowest BCUT2D eigenvalue weighted by Crippen LogP contribution is -2.53. The molecule has 1 saturated heterocycles. The van der Waals surface area contributed by atoms with Crippen LogP contribution in [-0.2, 0) is 16.8 Å². The monoisotopic (exact) mass is 293 g/mol. The first kappa shape index (κ1) is 14.9. The molecule has 6 nitrogen and oxygen atoms in total. The molecule has 1 aliphatic heterocycles. The van der Waals surface area contributed by atoms with E-state index in [0.29, 0.717) is 0 Å². The maximum atomic E-state index is 5.55. The van der Waals surface area contributed by atoms with Crippen LogP contribution >= 0.6 is 0 Å². The van der Waals surface area contributed by atoms with Crippen LogP contribution in [0.1, 0.15) is 57.7 Å². The second kappa shape index (κ2) is 6.83. The van der Waals surface area contributed by atoms with E-state index in [-0.39, 0.29) is 5.54 Å². The Kier molecular flexibility index (Phi) is 4.85. The summed E-state index contributed by atoms with van der Waals surface area (Å²) in [5.41, 5.74) is 0.0409. The normalized spacial score (nSPS) is 23.3. The van der Waals surface area contributed by atoms with Crippen molar-refractivity contribution in [2.24, 2.45) is 0 Å². The molecule has 1 aliphatic carbocycles. The summed E-state index contributed by atoms with van der Waals surface area (Å²) in [4.78, 5) is 2.59. The van der Waals surface area contributed by atoms with Gasteiger partial charge in [0.1, 0.15) is 0 Å². The van der Waals surface area contributed by atoms with Crippen LogP contribution in [0.15, 0.2) is 0 Å². The number of hydrogen-bond acceptors (Lipinski definition) is 5. The zero-order valence-electron chi connectivity index (χ0n) is 13.1. The molecule has 0 amide bonds. The van der Waals surface area contributed by atoms with Gasteiger partial charge >= 0.3 is 0 Å². The summed E-state index contributed by atoms with van der Waals surface area (Å²) in [6.07, 6.45) is 8.55. The van der Waals surface area contributed by atoms with Gasteiger partial charge in [0.25, 0.3) is 0 Å². The van der Waals surface area contributed by atoms with Crippen LogP contribution in [0.3, 0.4) is 0 Å². The molecule has 0 atom stereocenters. The van der Waals surface area contributed by atoms with Gasteiger partial charge in [0.15, 0.2) is 5.82 Å². The molecule has 21 heavy (non-hydrogen) atoms. The number of hydrogen-bond donors (Lipinski definition) is 0. The van der Waals surface area contributed by atoms with E-state index < -0.39 is 0 Å². The predicted octanol–water partition coefficient (Wildman–Crippen LogP) is 1.96.